The molecule has 3 unspecified atom stereocenters. The van der Waals surface area contributed by atoms with Gasteiger partial charge in [0.25, 0.3) is 7.82 Å². The van der Waals surface area contributed by atoms with Gasteiger partial charge in [0.05, 0.1) is 13.2 Å². The predicted molar refractivity (Wildman–Crippen MR) is 72.2 cm³/mol. The SMILES string of the molecule is Cc1cn(COCCOP2OP(=O)([O-])OP(=O)(O)O2)c(=O)nc1[O-]. The number of nitrogens with zero attached hydrogens (tertiary/aromatic N) is 2. The molecule has 136 valence electrons. The molecule has 0 spiro atoms. The van der Waals surface area contributed by atoms with Crippen molar-refractivity contribution in [3.05, 3.63) is 22.2 Å². The summed E-state index contributed by atoms with van der Waals surface area (Å²) in [5, 5.41) is 11.1. The van der Waals surface area contributed by atoms with Crippen LogP contribution in [0.25, 0.3) is 0 Å². The van der Waals surface area contributed by atoms with Gasteiger partial charge in [0.2, 0.25) is 0 Å². The molecular weight excluding hydrogens is 393 g/mol. The van der Waals surface area contributed by atoms with Gasteiger partial charge in [-0.3, -0.25) is 9.13 Å². The highest BCUT2D eigenvalue weighted by atomic mass is 31.3. The van der Waals surface area contributed by atoms with Crippen LogP contribution in [0.3, 0.4) is 0 Å². The molecule has 1 fully saturated rings. The Hall–Kier alpha value is -0.710. The second-order valence-corrected chi connectivity index (χ2v) is 8.73. The quantitative estimate of drug-likeness (QED) is 0.474. The van der Waals surface area contributed by atoms with Crippen LogP contribution < -0.4 is 15.7 Å². The van der Waals surface area contributed by atoms with E-state index in [1.807, 2.05) is 0 Å². The minimum Gasteiger partial charge on any atom is -0.858 e. The van der Waals surface area contributed by atoms with Crippen LogP contribution in [0.1, 0.15) is 5.56 Å². The Morgan fingerprint density at radius 2 is 2.12 bits per heavy atom. The molecule has 2 rings (SSSR count). The van der Waals surface area contributed by atoms with E-state index >= 15 is 0 Å². The standard InChI is InChI=1S/C8H13N2O11P3/c1-6-4-10(8(12)9-7(6)11)5-17-2-3-18-22-19-23(13,14)21-24(15,16)20-22/h4H,2-3,5H2,1H3,(H,13,14)(H,15,16)(H,9,11,12)/p-2. The van der Waals surface area contributed by atoms with Crippen LogP contribution in [-0.4, -0.2) is 27.7 Å². The molecule has 1 aliphatic rings. The molecule has 1 aliphatic heterocycles. The van der Waals surface area contributed by atoms with E-state index in [0.29, 0.717) is 0 Å². The maximum Gasteiger partial charge on any atom is 0.485 e. The fourth-order valence-corrected chi connectivity index (χ4v) is 5.50. The number of aromatic nitrogens is 2. The van der Waals surface area contributed by atoms with Crippen molar-refractivity contribution in [3.8, 4) is 5.88 Å². The van der Waals surface area contributed by atoms with Crippen molar-refractivity contribution in [2.75, 3.05) is 13.2 Å². The van der Waals surface area contributed by atoms with Gasteiger partial charge in [0, 0.05) is 6.20 Å². The summed E-state index contributed by atoms with van der Waals surface area (Å²) in [5.74, 6) is -0.633. The minimum atomic E-state index is -4.99. The van der Waals surface area contributed by atoms with E-state index in [1.165, 1.54) is 13.1 Å². The fraction of sp³-hybridized carbons (Fsp3) is 0.500. The first kappa shape index (κ1) is 19.6. The van der Waals surface area contributed by atoms with Gasteiger partial charge in [-0.25, -0.2) is 27.3 Å². The molecule has 24 heavy (non-hydrogen) atoms. The van der Waals surface area contributed by atoms with E-state index < -0.39 is 35.8 Å². The Kier molecular flexibility index (Phi) is 6.27. The smallest absolute Gasteiger partial charge is 0.485 e. The van der Waals surface area contributed by atoms with Crippen LogP contribution in [0.5, 0.6) is 5.88 Å². The average molecular weight is 404 g/mol. The summed E-state index contributed by atoms with van der Waals surface area (Å²) in [6.45, 7) is 0.825. The van der Waals surface area contributed by atoms with Crippen molar-refractivity contribution in [3.63, 3.8) is 0 Å². The van der Waals surface area contributed by atoms with Crippen LogP contribution >= 0.6 is 24.2 Å². The average Bonchev–Trinajstić information content (AvgIpc) is 2.40. The van der Waals surface area contributed by atoms with Crippen LogP contribution in [0.2, 0.25) is 0 Å². The second kappa shape index (κ2) is 7.67. The third kappa shape index (κ3) is 5.68. The van der Waals surface area contributed by atoms with E-state index in [1.54, 1.807) is 0 Å². The van der Waals surface area contributed by atoms with Gasteiger partial charge in [0.15, 0.2) is 0 Å². The van der Waals surface area contributed by atoms with Gasteiger partial charge in [-0.1, -0.05) is 0 Å². The Labute approximate surface area is 136 Å². The van der Waals surface area contributed by atoms with Crippen molar-refractivity contribution in [2.24, 2.45) is 0 Å². The number of hydrogen-bond acceptors (Lipinski definition) is 11. The largest absolute Gasteiger partial charge is 0.858 e. The van der Waals surface area contributed by atoms with Gasteiger partial charge >= 0.3 is 22.1 Å². The Morgan fingerprint density at radius 1 is 1.42 bits per heavy atom. The van der Waals surface area contributed by atoms with Crippen molar-refractivity contribution >= 4 is 24.2 Å². The third-order valence-corrected chi connectivity index (χ3v) is 7.04. The zero-order chi connectivity index (χ0) is 18.0. The van der Waals surface area contributed by atoms with Gasteiger partial charge in [-0.2, -0.15) is 0 Å². The lowest BCUT2D eigenvalue weighted by atomic mass is 10.4. The summed E-state index contributed by atoms with van der Waals surface area (Å²) in [6.07, 6.45) is 1.27. The molecule has 1 saturated heterocycles. The molecule has 0 saturated carbocycles. The molecule has 0 aromatic carbocycles. The lowest BCUT2D eigenvalue weighted by molar-refractivity contribution is -0.276. The summed E-state index contributed by atoms with van der Waals surface area (Å²) < 4.78 is 45.4. The maximum atomic E-state index is 11.4. The molecule has 1 aromatic rings. The van der Waals surface area contributed by atoms with E-state index in [0.717, 1.165) is 4.57 Å². The lowest BCUT2D eigenvalue weighted by Crippen LogP contribution is -2.26. The van der Waals surface area contributed by atoms with Crippen LogP contribution in [0, 0.1) is 6.92 Å². The van der Waals surface area contributed by atoms with Crippen molar-refractivity contribution in [2.45, 2.75) is 13.7 Å². The normalized spacial score (nSPS) is 30.4. The molecule has 0 radical (unpaired) electrons. The van der Waals surface area contributed by atoms with Gasteiger partial charge in [-0.05, 0) is 18.4 Å². The molecule has 13 nitrogen and oxygen atoms in total. The minimum absolute atomic E-state index is 0.143. The zero-order valence-electron chi connectivity index (χ0n) is 12.0. The number of phosphoric acid groups is 2. The molecular formula is C8H11N2O11P3-2. The van der Waals surface area contributed by atoms with Crippen LogP contribution in [0.4, 0.5) is 0 Å². The van der Waals surface area contributed by atoms with Crippen molar-refractivity contribution in [1.82, 2.24) is 9.55 Å². The van der Waals surface area contributed by atoms with Gasteiger partial charge in [0.1, 0.15) is 6.73 Å². The Morgan fingerprint density at radius 3 is 2.79 bits per heavy atom. The summed E-state index contributed by atoms with van der Waals surface area (Å²) in [5.41, 5.74) is -0.535. The number of hydrogen-bond donors (Lipinski definition) is 1. The molecule has 0 amide bonds. The molecule has 0 aliphatic carbocycles. The molecule has 1 aromatic heterocycles. The Bertz CT molecular complexity index is 727. The first-order chi connectivity index (χ1) is 11.1. The first-order valence-electron chi connectivity index (χ1n) is 6.08. The summed E-state index contributed by atoms with van der Waals surface area (Å²) in [6, 6.07) is 0. The molecule has 1 N–H and O–H groups in total. The number of rotatable bonds is 6. The zero-order valence-corrected chi connectivity index (χ0v) is 14.6. The van der Waals surface area contributed by atoms with E-state index in [-0.39, 0.29) is 25.5 Å². The molecule has 3 atom stereocenters. The lowest BCUT2D eigenvalue weighted by Gasteiger charge is -2.32. The van der Waals surface area contributed by atoms with Crippen LogP contribution in [-0.2, 0) is 38.1 Å². The fourth-order valence-electron chi connectivity index (χ4n) is 1.39. The maximum absolute atomic E-state index is 11.4. The molecule has 0 bridgehead atoms. The summed E-state index contributed by atoms with van der Waals surface area (Å²) >= 11 is 0. The monoisotopic (exact) mass is 404 g/mol. The van der Waals surface area contributed by atoms with E-state index in [4.69, 9.17) is 14.2 Å². The van der Waals surface area contributed by atoms with Crippen molar-refractivity contribution < 1.29 is 46.2 Å². The number of aryl methyl sites for hydroxylation is 1. The summed E-state index contributed by atoms with van der Waals surface area (Å²) in [4.78, 5) is 34.7. The van der Waals surface area contributed by atoms with Gasteiger partial charge < -0.3 is 24.2 Å². The first-order valence-corrected chi connectivity index (χ1v) is 10.1. The highest BCUT2D eigenvalue weighted by Crippen LogP contribution is 2.74. The molecule has 16 heteroatoms. The van der Waals surface area contributed by atoms with E-state index in [9.17, 15) is 23.9 Å². The highest BCUT2D eigenvalue weighted by Gasteiger charge is 2.42. The summed E-state index contributed by atoms with van der Waals surface area (Å²) in [7, 11) is -12.4. The predicted octanol–water partition coefficient (Wildman–Crippen LogP) is -0.525. The third-order valence-electron chi connectivity index (χ3n) is 2.32. The molecule has 2 heterocycles. The number of ether oxygens (including phenoxy) is 1. The Balaban J connectivity index is 1.78. The highest BCUT2D eigenvalue weighted by molar-refractivity contribution is 7.72. The van der Waals surface area contributed by atoms with E-state index in [2.05, 4.69) is 17.9 Å². The topological polar surface area (TPSA) is 182 Å². The van der Waals surface area contributed by atoms with Crippen LogP contribution in [0.15, 0.2) is 11.0 Å². The second-order valence-electron chi connectivity index (χ2n) is 4.24. The van der Waals surface area contributed by atoms with Gasteiger partial charge in [-0.15, -0.1) is 0 Å². The van der Waals surface area contributed by atoms with Crippen molar-refractivity contribution in [1.29, 1.82) is 0 Å².